The van der Waals surface area contributed by atoms with E-state index in [-0.39, 0.29) is 0 Å². The van der Waals surface area contributed by atoms with Gasteiger partial charge in [-0.1, -0.05) is 6.92 Å². The molecule has 0 amide bonds. The van der Waals surface area contributed by atoms with Gasteiger partial charge in [0.2, 0.25) is 0 Å². The van der Waals surface area contributed by atoms with Crippen LogP contribution in [0.15, 0.2) is 18.6 Å². The van der Waals surface area contributed by atoms with E-state index >= 15 is 0 Å². The highest BCUT2D eigenvalue weighted by Gasteiger charge is 2.15. The molecule has 2 rings (SSSR count). The molecule has 0 saturated heterocycles. The van der Waals surface area contributed by atoms with Crippen LogP contribution in [0.25, 0.3) is 5.65 Å². The van der Waals surface area contributed by atoms with E-state index in [1.54, 1.807) is 6.20 Å². The van der Waals surface area contributed by atoms with Crippen molar-refractivity contribution in [2.45, 2.75) is 26.3 Å². The average molecular weight is 233 g/mol. The Balaban J connectivity index is 2.53. The largest absolute Gasteiger partial charge is 0.372 e. The number of anilines is 2. The minimum Gasteiger partial charge on any atom is -0.372 e. The van der Waals surface area contributed by atoms with Gasteiger partial charge < -0.3 is 14.6 Å². The van der Waals surface area contributed by atoms with Crippen LogP contribution >= 0.6 is 0 Å². The molecule has 0 aliphatic heterocycles. The maximum absolute atomic E-state index is 4.59. The Hall–Kier alpha value is -1.78. The summed E-state index contributed by atoms with van der Waals surface area (Å²) in [6, 6.07) is 0.440. The van der Waals surface area contributed by atoms with Crippen LogP contribution in [0.3, 0.4) is 0 Å². The van der Waals surface area contributed by atoms with Crippen LogP contribution in [-0.2, 0) is 0 Å². The fraction of sp³-hybridized carbons (Fsp3) is 0.500. The van der Waals surface area contributed by atoms with Crippen LogP contribution in [0.2, 0.25) is 0 Å². The fourth-order valence-corrected chi connectivity index (χ4v) is 1.75. The molecule has 0 fully saturated rings. The van der Waals surface area contributed by atoms with Gasteiger partial charge in [-0.3, -0.25) is 0 Å². The van der Waals surface area contributed by atoms with Crippen LogP contribution in [0.4, 0.5) is 11.6 Å². The topological polar surface area (TPSA) is 45.5 Å². The lowest BCUT2D eigenvalue weighted by Gasteiger charge is -2.25. The lowest BCUT2D eigenvalue weighted by molar-refractivity contribution is 0.657. The average Bonchev–Trinajstić information content (AvgIpc) is 2.83. The summed E-state index contributed by atoms with van der Waals surface area (Å²) in [5.74, 6) is 1.76. The molecule has 92 valence electrons. The molecule has 2 heterocycles. The molecular formula is C12H19N5. The normalized spacial score (nSPS) is 12.7. The Kier molecular flexibility index (Phi) is 3.17. The third-order valence-electron chi connectivity index (χ3n) is 3.20. The van der Waals surface area contributed by atoms with Crippen LogP contribution in [0.1, 0.15) is 20.3 Å². The maximum Gasteiger partial charge on any atom is 0.180 e. The summed E-state index contributed by atoms with van der Waals surface area (Å²) < 4.78 is 1.99. The van der Waals surface area contributed by atoms with E-state index in [9.17, 15) is 0 Å². The van der Waals surface area contributed by atoms with E-state index in [0.29, 0.717) is 6.04 Å². The zero-order valence-corrected chi connectivity index (χ0v) is 10.8. The molecule has 0 aliphatic rings. The van der Waals surface area contributed by atoms with Crippen molar-refractivity contribution in [1.82, 2.24) is 14.4 Å². The second kappa shape index (κ2) is 4.61. The summed E-state index contributed by atoms with van der Waals surface area (Å²) in [6.45, 7) is 4.36. The minimum absolute atomic E-state index is 0.440. The van der Waals surface area contributed by atoms with Crippen molar-refractivity contribution in [3.63, 3.8) is 0 Å². The third kappa shape index (κ3) is 2.05. The molecule has 2 aromatic rings. The molecular weight excluding hydrogens is 214 g/mol. The van der Waals surface area contributed by atoms with Gasteiger partial charge >= 0.3 is 0 Å². The lowest BCUT2D eigenvalue weighted by atomic mass is 10.2. The van der Waals surface area contributed by atoms with E-state index in [0.717, 1.165) is 23.7 Å². The van der Waals surface area contributed by atoms with Gasteiger partial charge in [-0.25, -0.2) is 9.97 Å². The number of hydrogen-bond acceptors (Lipinski definition) is 4. The molecule has 1 N–H and O–H groups in total. The Labute approximate surface area is 101 Å². The van der Waals surface area contributed by atoms with Gasteiger partial charge in [0.15, 0.2) is 11.5 Å². The first-order chi connectivity index (χ1) is 8.17. The molecule has 2 aromatic heterocycles. The maximum atomic E-state index is 4.59. The first kappa shape index (κ1) is 11.7. The molecule has 5 heteroatoms. The highest BCUT2D eigenvalue weighted by atomic mass is 15.2. The van der Waals surface area contributed by atoms with Gasteiger partial charge in [-0.05, 0) is 13.3 Å². The first-order valence-electron chi connectivity index (χ1n) is 5.91. The molecule has 5 nitrogen and oxygen atoms in total. The number of nitrogens with zero attached hydrogens (tertiary/aromatic N) is 4. The monoisotopic (exact) mass is 233 g/mol. The van der Waals surface area contributed by atoms with Crippen molar-refractivity contribution in [1.29, 1.82) is 0 Å². The Morgan fingerprint density at radius 2 is 2.29 bits per heavy atom. The summed E-state index contributed by atoms with van der Waals surface area (Å²) in [4.78, 5) is 11.1. The lowest BCUT2D eigenvalue weighted by Crippen LogP contribution is -2.29. The number of hydrogen-bond donors (Lipinski definition) is 1. The summed E-state index contributed by atoms with van der Waals surface area (Å²) in [6.07, 6.45) is 6.75. The molecule has 17 heavy (non-hydrogen) atoms. The number of nitrogens with one attached hydrogen (secondary N) is 1. The summed E-state index contributed by atoms with van der Waals surface area (Å²) in [7, 11) is 3.93. The number of aromatic nitrogens is 3. The van der Waals surface area contributed by atoms with Crippen molar-refractivity contribution in [2.24, 2.45) is 0 Å². The second-order valence-corrected chi connectivity index (χ2v) is 4.23. The van der Waals surface area contributed by atoms with E-state index in [2.05, 4.69) is 41.1 Å². The second-order valence-electron chi connectivity index (χ2n) is 4.23. The van der Waals surface area contributed by atoms with Crippen molar-refractivity contribution in [3.05, 3.63) is 18.6 Å². The van der Waals surface area contributed by atoms with E-state index in [1.165, 1.54) is 0 Å². The Bertz CT molecular complexity index is 505. The molecule has 0 bridgehead atoms. The summed E-state index contributed by atoms with van der Waals surface area (Å²) in [5.41, 5.74) is 0.895. The van der Waals surface area contributed by atoms with Crippen LogP contribution in [0, 0.1) is 0 Å². The molecule has 0 aromatic carbocycles. The molecule has 0 aliphatic carbocycles. The minimum atomic E-state index is 0.440. The van der Waals surface area contributed by atoms with E-state index in [4.69, 9.17) is 0 Å². The molecule has 1 unspecified atom stereocenters. The SMILES string of the molecule is CCC(C)N(C)c1nc(NC)cn2ccnc12. The zero-order chi connectivity index (χ0) is 12.4. The highest BCUT2D eigenvalue weighted by Crippen LogP contribution is 2.21. The Morgan fingerprint density at radius 1 is 1.53 bits per heavy atom. The number of rotatable bonds is 4. The van der Waals surface area contributed by atoms with Crippen LogP contribution in [-0.4, -0.2) is 34.5 Å². The van der Waals surface area contributed by atoms with Gasteiger partial charge in [0.05, 0.1) is 6.20 Å². The van der Waals surface area contributed by atoms with Gasteiger partial charge in [0.1, 0.15) is 5.82 Å². The predicted molar refractivity (Wildman–Crippen MR) is 70.7 cm³/mol. The standard InChI is InChI=1S/C12H19N5/c1-5-9(2)16(4)12-11-14-6-7-17(11)8-10(13-3)15-12/h6-9,13H,5H2,1-4H3. The molecule has 0 saturated carbocycles. The van der Waals surface area contributed by atoms with Gasteiger partial charge in [-0.2, -0.15) is 0 Å². The number of fused-ring (bicyclic) bond motifs is 1. The summed E-state index contributed by atoms with van der Waals surface area (Å²) in [5, 5.41) is 3.07. The zero-order valence-electron chi connectivity index (χ0n) is 10.8. The van der Waals surface area contributed by atoms with Crippen LogP contribution < -0.4 is 10.2 Å². The highest BCUT2D eigenvalue weighted by molar-refractivity contribution is 5.66. The molecule has 0 radical (unpaired) electrons. The molecule has 1 atom stereocenters. The van der Waals surface area contributed by atoms with Gasteiger partial charge in [-0.15, -0.1) is 0 Å². The number of imidazole rings is 1. The third-order valence-corrected chi connectivity index (χ3v) is 3.20. The smallest absolute Gasteiger partial charge is 0.180 e. The van der Waals surface area contributed by atoms with Crippen LogP contribution in [0.5, 0.6) is 0 Å². The fourth-order valence-electron chi connectivity index (χ4n) is 1.75. The van der Waals surface area contributed by atoms with E-state index in [1.807, 2.05) is 23.8 Å². The Morgan fingerprint density at radius 3 is 2.94 bits per heavy atom. The van der Waals surface area contributed by atoms with Crippen molar-refractivity contribution >= 4 is 17.3 Å². The van der Waals surface area contributed by atoms with Gasteiger partial charge in [0.25, 0.3) is 0 Å². The van der Waals surface area contributed by atoms with Crippen molar-refractivity contribution in [3.8, 4) is 0 Å². The molecule has 0 spiro atoms. The van der Waals surface area contributed by atoms with Crippen molar-refractivity contribution in [2.75, 3.05) is 24.3 Å². The summed E-state index contributed by atoms with van der Waals surface area (Å²) >= 11 is 0. The predicted octanol–water partition coefficient (Wildman–Crippen LogP) is 2.01. The first-order valence-corrected chi connectivity index (χ1v) is 5.91. The van der Waals surface area contributed by atoms with Gasteiger partial charge in [0, 0.05) is 32.5 Å². The van der Waals surface area contributed by atoms with E-state index < -0.39 is 0 Å². The quantitative estimate of drug-likeness (QED) is 0.877. The van der Waals surface area contributed by atoms with Crippen molar-refractivity contribution < 1.29 is 0 Å².